The van der Waals surface area contributed by atoms with Crippen LogP contribution in [-0.4, -0.2) is 68.1 Å². The summed E-state index contributed by atoms with van der Waals surface area (Å²) in [4.78, 5) is 51.1. The summed E-state index contributed by atoms with van der Waals surface area (Å²) in [6, 6.07) is 1.90. The van der Waals surface area contributed by atoms with Crippen LogP contribution in [0.4, 0.5) is 4.39 Å². The Kier molecular flexibility index (Phi) is 11.3. The number of aromatic amines is 1. The van der Waals surface area contributed by atoms with Crippen LogP contribution in [0, 0.1) is 5.82 Å². The van der Waals surface area contributed by atoms with Gasteiger partial charge < -0.3 is 37.3 Å². The van der Waals surface area contributed by atoms with Gasteiger partial charge in [-0.15, -0.1) is 0 Å². The molecule has 0 spiro atoms. The molecular weight excluding hydrogens is 451 g/mol. The van der Waals surface area contributed by atoms with Crippen molar-refractivity contribution in [1.29, 1.82) is 0 Å². The number of hydrogen-bond acceptors (Lipinski definition) is 7. The van der Waals surface area contributed by atoms with Gasteiger partial charge in [-0.3, -0.25) is 19.2 Å². The molecule has 2 aromatic rings. The summed E-state index contributed by atoms with van der Waals surface area (Å²) in [5, 5.41) is 21.8. The van der Waals surface area contributed by atoms with Crippen molar-refractivity contribution in [1.82, 2.24) is 20.6 Å². The van der Waals surface area contributed by atoms with E-state index in [0.717, 1.165) is 5.69 Å². The van der Waals surface area contributed by atoms with Crippen molar-refractivity contribution < 1.29 is 33.8 Å². The number of carbonyl (C=O) groups is 4. The number of aromatic nitrogens is 2. The number of carboxylic acid groups (broad SMARTS) is 2. The van der Waals surface area contributed by atoms with Crippen LogP contribution in [0.25, 0.3) is 0 Å². The largest absolute Gasteiger partial charge is 0.480 e. The van der Waals surface area contributed by atoms with Crippen molar-refractivity contribution in [3.8, 4) is 0 Å². The van der Waals surface area contributed by atoms with E-state index in [-0.39, 0.29) is 12.8 Å². The van der Waals surface area contributed by atoms with Gasteiger partial charge in [0.2, 0.25) is 11.8 Å². The number of nitrogens with two attached hydrogens (primary N) is 2. The molecule has 12 nitrogen and oxygen atoms in total. The molecular formula is C21H29FN6O6. The van der Waals surface area contributed by atoms with E-state index in [9.17, 15) is 23.6 Å². The van der Waals surface area contributed by atoms with E-state index in [1.807, 2.05) is 0 Å². The van der Waals surface area contributed by atoms with Crippen molar-refractivity contribution in [3.63, 3.8) is 0 Å². The van der Waals surface area contributed by atoms with Crippen molar-refractivity contribution >= 4 is 23.8 Å². The molecule has 2 amide bonds. The van der Waals surface area contributed by atoms with Gasteiger partial charge in [0, 0.05) is 18.3 Å². The second-order valence-electron chi connectivity index (χ2n) is 7.47. The molecule has 0 bridgehead atoms. The number of benzene rings is 1. The Morgan fingerprint density at radius 3 is 2.18 bits per heavy atom. The van der Waals surface area contributed by atoms with Crippen LogP contribution in [-0.2, 0) is 32.0 Å². The topological polar surface area (TPSA) is 214 Å². The van der Waals surface area contributed by atoms with Gasteiger partial charge in [-0.1, -0.05) is 12.1 Å². The summed E-state index contributed by atoms with van der Waals surface area (Å²) >= 11 is 0. The summed E-state index contributed by atoms with van der Waals surface area (Å²) in [7, 11) is 0. The smallest absolute Gasteiger partial charge is 0.325 e. The van der Waals surface area contributed by atoms with Crippen LogP contribution in [0.1, 0.15) is 25.1 Å². The number of rotatable bonds is 10. The minimum Gasteiger partial charge on any atom is -0.480 e. The second-order valence-corrected chi connectivity index (χ2v) is 7.47. The van der Waals surface area contributed by atoms with Crippen LogP contribution in [0.2, 0.25) is 0 Å². The molecule has 2 rings (SSSR count). The minimum absolute atomic E-state index is 0.115. The highest BCUT2D eigenvalue weighted by Crippen LogP contribution is 2.06. The number of nitrogens with one attached hydrogen (secondary N) is 3. The van der Waals surface area contributed by atoms with E-state index >= 15 is 0 Å². The Hall–Kier alpha value is -3.84. The number of H-pyrrole nitrogens is 1. The van der Waals surface area contributed by atoms with Crippen molar-refractivity contribution in [2.75, 3.05) is 0 Å². The highest BCUT2D eigenvalue weighted by atomic mass is 19.1. The number of halogens is 1. The third-order valence-electron chi connectivity index (χ3n) is 4.47. The van der Waals surface area contributed by atoms with E-state index in [4.69, 9.17) is 21.7 Å². The molecule has 0 aliphatic rings. The van der Waals surface area contributed by atoms with Crippen LogP contribution in [0.3, 0.4) is 0 Å². The normalized spacial score (nSPS) is 13.9. The first-order valence-electron chi connectivity index (χ1n) is 10.2. The molecule has 4 atom stereocenters. The molecule has 0 unspecified atom stereocenters. The lowest BCUT2D eigenvalue weighted by Gasteiger charge is -2.18. The SMILES string of the molecule is C[C@H](NC(=O)[C@H](C)NC(=O)[C@@H](N)Cc1cccc(F)c1)C(=O)O.N[C@@H](Cc1cnc[nH]1)C(=O)O. The first kappa shape index (κ1) is 28.2. The van der Waals surface area contributed by atoms with Gasteiger partial charge >= 0.3 is 11.9 Å². The molecule has 0 saturated carbocycles. The van der Waals surface area contributed by atoms with E-state index in [0.29, 0.717) is 5.56 Å². The fourth-order valence-electron chi connectivity index (χ4n) is 2.52. The first-order chi connectivity index (χ1) is 15.9. The van der Waals surface area contributed by atoms with Gasteiger partial charge in [0.25, 0.3) is 0 Å². The molecule has 0 aliphatic heterocycles. The lowest BCUT2D eigenvalue weighted by Crippen LogP contribution is -2.53. The summed E-state index contributed by atoms with van der Waals surface area (Å²) < 4.78 is 13.1. The molecule has 0 radical (unpaired) electrons. The molecule has 186 valence electrons. The van der Waals surface area contributed by atoms with E-state index in [2.05, 4.69) is 20.6 Å². The molecule has 0 aliphatic carbocycles. The van der Waals surface area contributed by atoms with Crippen LogP contribution in [0.15, 0.2) is 36.8 Å². The highest BCUT2D eigenvalue weighted by molar-refractivity contribution is 5.91. The highest BCUT2D eigenvalue weighted by Gasteiger charge is 2.23. The fraction of sp³-hybridized carbons (Fsp3) is 0.381. The number of aliphatic carboxylic acids is 2. The average molecular weight is 480 g/mol. The van der Waals surface area contributed by atoms with Crippen molar-refractivity contribution in [3.05, 3.63) is 53.9 Å². The summed E-state index contributed by atoms with van der Waals surface area (Å²) in [6.07, 6.45) is 3.45. The van der Waals surface area contributed by atoms with Crippen molar-refractivity contribution in [2.24, 2.45) is 11.5 Å². The maximum absolute atomic E-state index is 13.1. The molecule has 13 heteroatoms. The average Bonchev–Trinajstić information content (AvgIpc) is 3.26. The Morgan fingerprint density at radius 1 is 1.00 bits per heavy atom. The molecule has 9 N–H and O–H groups in total. The minimum atomic E-state index is -1.18. The van der Waals surface area contributed by atoms with Gasteiger partial charge in [-0.25, -0.2) is 9.37 Å². The zero-order chi connectivity index (χ0) is 25.8. The molecule has 1 aromatic heterocycles. The van der Waals surface area contributed by atoms with Gasteiger partial charge in [0.1, 0.15) is 23.9 Å². The number of nitrogens with zero attached hydrogens (tertiary/aromatic N) is 1. The van der Waals surface area contributed by atoms with Crippen molar-refractivity contribution in [2.45, 2.75) is 50.9 Å². The Bertz CT molecular complexity index is 970. The van der Waals surface area contributed by atoms with Gasteiger partial charge in [0.15, 0.2) is 0 Å². The maximum atomic E-state index is 13.1. The predicted octanol–water partition coefficient (Wildman–Crippen LogP) is -0.846. The number of imidazole rings is 1. The number of carboxylic acids is 2. The number of carbonyl (C=O) groups excluding carboxylic acids is 2. The first-order valence-corrected chi connectivity index (χ1v) is 10.2. The number of amides is 2. The number of hydrogen-bond donors (Lipinski definition) is 7. The summed E-state index contributed by atoms with van der Waals surface area (Å²) in [5.41, 5.74) is 12.3. The predicted molar refractivity (Wildman–Crippen MR) is 119 cm³/mol. The summed E-state index contributed by atoms with van der Waals surface area (Å²) in [5.74, 6) is -3.82. The zero-order valence-electron chi connectivity index (χ0n) is 18.7. The van der Waals surface area contributed by atoms with Gasteiger partial charge in [0.05, 0.1) is 12.4 Å². The quantitative estimate of drug-likeness (QED) is 0.225. The van der Waals surface area contributed by atoms with E-state index in [1.54, 1.807) is 12.3 Å². The molecule has 34 heavy (non-hydrogen) atoms. The van der Waals surface area contributed by atoms with Crippen LogP contribution < -0.4 is 22.1 Å². The maximum Gasteiger partial charge on any atom is 0.325 e. The van der Waals surface area contributed by atoms with E-state index < -0.39 is 53.7 Å². The molecule has 0 saturated heterocycles. The Morgan fingerprint density at radius 2 is 1.65 bits per heavy atom. The molecule has 1 aromatic carbocycles. The third-order valence-corrected chi connectivity index (χ3v) is 4.47. The van der Waals surface area contributed by atoms with Crippen LogP contribution in [0.5, 0.6) is 0 Å². The summed E-state index contributed by atoms with van der Waals surface area (Å²) in [6.45, 7) is 2.72. The van der Waals surface area contributed by atoms with Gasteiger partial charge in [-0.2, -0.15) is 0 Å². The monoisotopic (exact) mass is 480 g/mol. The molecule has 1 heterocycles. The fourth-order valence-corrected chi connectivity index (χ4v) is 2.52. The molecule has 0 fully saturated rings. The van der Waals surface area contributed by atoms with Crippen LogP contribution >= 0.6 is 0 Å². The Labute approximate surface area is 194 Å². The Balaban J connectivity index is 0.000000437. The lowest BCUT2D eigenvalue weighted by atomic mass is 10.1. The third kappa shape index (κ3) is 10.2. The standard InChI is InChI=1S/C15H20FN3O4.C6H9N3O2/c1-8(13(20)19-9(2)15(22)23)18-14(21)12(17)7-10-4-3-5-11(16)6-10;7-5(6(10)11)1-4-2-8-3-9-4/h3-6,8-9,12H,7,17H2,1-2H3,(H,18,21)(H,19,20)(H,22,23);2-3,5H,1,7H2,(H,8,9)(H,10,11)/t8-,9-,12-;5-/m00/s1. The van der Waals surface area contributed by atoms with E-state index in [1.165, 1.54) is 38.4 Å². The second kappa shape index (κ2) is 13.6. The lowest BCUT2D eigenvalue weighted by molar-refractivity contribution is -0.141. The zero-order valence-corrected chi connectivity index (χ0v) is 18.7. The van der Waals surface area contributed by atoms with Gasteiger partial charge in [-0.05, 0) is 38.0 Å².